The molecule has 0 radical (unpaired) electrons. The smallest absolute Gasteiger partial charge is 0.162 e. The third-order valence-corrected chi connectivity index (χ3v) is 5.04. The van der Waals surface area contributed by atoms with Gasteiger partial charge < -0.3 is 10.1 Å². The van der Waals surface area contributed by atoms with Gasteiger partial charge >= 0.3 is 0 Å². The fraction of sp³-hybridized carbons (Fsp3) is 0.200. The molecule has 4 aromatic rings. The zero-order valence-corrected chi connectivity index (χ0v) is 16.8. The van der Waals surface area contributed by atoms with E-state index >= 15 is 0 Å². The fourth-order valence-corrected chi connectivity index (χ4v) is 3.39. The topological polar surface area (TPSA) is 47.0 Å². The SMILES string of the molecule is COc1ccc(-c2nc(N[C@@H](C)CCc3ccccc3)c3ccccc3n2)cc1. The van der Waals surface area contributed by atoms with Gasteiger partial charge in [0.25, 0.3) is 0 Å². The molecule has 0 aliphatic heterocycles. The molecule has 0 saturated carbocycles. The standard InChI is InChI=1S/C25H25N3O/c1-18(12-13-19-8-4-3-5-9-19)26-25-22-10-6-7-11-23(22)27-24(28-25)20-14-16-21(29-2)17-15-20/h3-11,14-18H,12-13H2,1-2H3,(H,26,27,28)/t18-/m0/s1. The van der Waals surface area contributed by atoms with Crippen LogP contribution in [-0.2, 0) is 6.42 Å². The number of aryl methyl sites for hydroxylation is 1. The number of nitrogens with zero attached hydrogens (tertiary/aromatic N) is 2. The van der Waals surface area contributed by atoms with Crippen LogP contribution in [0.25, 0.3) is 22.3 Å². The van der Waals surface area contributed by atoms with Gasteiger partial charge in [-0.2, -0.15) is 0 Å². The van der Waals surface area contributed by atoms with Crippen molar-refractivity contribution in [1.29, 1.82) is 0 Å². The molecular weight excluding hydrogens is 358 g/mol. The number of para-hydroxylation sites is 1. The molecule has 29 heavy (non-hydrogen) atoms. The molecule has 4 nitrogen and oxygen atoms in total. The van der Waals surface area contributed by atoms with Gasteiger partial charge in [0.2, 0.25) is 0 Å². The third-order valence-electron chi connectivity index (χ3n) is 5.04. The third kappa shape index (κ3) is 4.54. The Morgan fingerprint density at radius 3 is 2.34 bits per heavy atom. The maximum absolute atomic E-state index is 5.26. The summed E-state index contributed by atoms with van der Waals surface area (Å²) in [5.41, 5.74) is 3.26. The Morgan fingerprint density at radius 2 is 1.59 bits per heavy atom. The number of aromatic nitrogens is 2. The van der Waals surface area contributed by atoms with Crippen LogP contribution < -0.4 is 10.1 Å². The van der Waals surface area contributed by atoms with E-state index in [0.29, 0.717) is 5.82 Å². The molecular formula is C25H25N3O. The van der Waals surface area contributed by atoms with Crippen LogP contribution >= 0.6 is 0 Å². The molecule has 0 aliphatic rings. The monoisotopic (exact) mass is 383 g/mol. The lowest BCUT2D eigenvalue weighted by Gasteiger charge is -2.17. The van der Waals surface area contributed by atoms with Crippen molar-refractivity contribution in [3.63, 3.8) is 0 Å². The summed E-state index contributed by atoms with van der Waals surface area (Å²) in [5, 5.41) is 4.65. The van der Waals surface area contributed by atoms with Crippen LogP contribution in [0.1, 0.15) is 18.9 Å². The van der Waals surface area contributed by atoms with Crippen molar-refractivity contribution in [2.75, 3.05) is 12.4 Å². The van der Waals surface area contributed by atoms with Crippen molar-refractivity contribution in [3.05, 3.63) is 84.4 Å². The van der Waals surface area contributed by atoms with Crippen molar-refractivity contribution >= 4 is 16.7 Å². The Morgan fingerprint density at radius 1 is 0.862 bits per heavy atom. The highest BCUT2D eigenvalue weighted by molar-refractivity contribution is 5.90. The van der Waals surface area contributed by atoms with Gasteiger partial charge in [-0.1, -0.05) is 42.5 Å². The summed E-state index contributed by atoms with van der Waals surface area (Å²) in [7, 11) is 1.67. The molecule has 0 amide bonds. The largest absolute Gasteiger partial charge is 0.497 e. The average molecular weight is 383 g/mol. The fourth-order valence-electron chi connectivity index (χ4n) is 3.39. The molecule has 4 rings (SSSR count). The lowest BCUT2D eigenvalue weighted by atomic mass is 10.1. The quantitative estimate of drug-likeness (QED) is 0.442. The molecule has 0 saturated heterocycles. The molecule has 0 bridgehead atoms. The number of ether oxygens (including phenoxy) is 1. The van der Waals surface area contributed by atoms with Crippen LogP contribution in [0, 0.1) is 0 Å². The number of nitrogens with one attached hydrogen (secondary N) is 1. The van der Waals surface area contributed by atoms with E-state index < -0.39 is 0 Å². The van der Waals surface area contributed by atoms with E-state index in [2.05, 4.69) is 48.6 Å². The van der Waals surface area contributed by atoms with Crippen LogP contribution in [0.4, 0.5) is 5.82 Å². The zero-order chi connectivity index (χ0) is 20.1. The van der Waals surface area contributed by atoms with Gasteiger partial charge in [-0.25, -0.2) is 9.97 Å². The summed E-state index contributed by atoms with van der Waals surface area (Å²) in [6, 6.07) is 26.9. The predicted octanol–water partition coefficient (Wildman–Crippen LogP) is 5.74. The van der Waals surface area contributed by atoms with E-state index in [1.165, 1.54) is 5.56 Å². The number of benzene rings is 3. The second-order valence-corrected chi connectivity index (χ2v) is 7.21. The van der Waals surface area contributed by atoms with Gasteiger partial charge in [0.1, 0.15) is 11.6 Å². The van der Waals surface area contributed by atoms with Crippen molar-refractivity contribution in [1.82, 2.24) is 9.97 Å². The highest BCUT2D eigenvalue weighted by atomic mass is 16.5. The van der Waals surface area contributed by atoms with Gasteiger partial charge in [-0.3, -0.25) is 0 Å². The highest BCUT2D eigenvalue weighted by Crippen LogP contribution is 2.27. The molecule has 4 heteroatoms. The summed E-state index contributed by atoms with van der Waals surface area (Å²) >= 11 is 0. The molecule has 3 aromatic carbocycles. The normalized spacial score (nSPS) is 11.9. The Labute approximate surface area is 171 Å². The minimum atomic E-state index is 0.289. The average Bonchev–Trinajstić information content (AvgIpc) is 2.78. The second kappa shape index (κ2) is 8.74. The molecule has 0 aliphatic carbocycles. The van der Waals surface area contributed by atoms with Crippen LogP contribution in [0.3, 0.4) is 0 Å². The Bertz CT molecular complexity index is 1080. The minimum absolute atomic E-state index is 0.289. The second-order valence-electron chi connectivity index (χ2n) is 7.21. The molecule has 0 fully saturated rings. The number of hydrogen-bond donors (Lipinski definition) is 1. The van der Waals surface area contributed by atoms with E-state index in [1.807, 2.05) is 42.5 Å². The van der Waals surface area contributed by atoms with Crippen molar-refractivity contribution < 1.29 is 4.74 Å². The van der Waals surface area contributed by atoms with Gasteiger partial charge in [0.05, 0.1) is 12.6 Å². The first-order chi connectivity index (χ1) is 14.2. The lowest BCUT2D eigenvalue weighted by Crippen LogP contribution is -2.17. The summed E-state index contributed by atoms with van der Waals surface area (Å²) in [5.74, 6) is 2.41. The van der Waals surface area contributed by atoms with E-state index in [9.17, 15) is 0 Å². The maximum Gasteiger partial charge on any atom is 0.162 e. The molecule has 1 aromatic heterocycles. The summed E-state index contributed by atoms with van der Waals surface area (Å²) in [4.78, 5) is 9.63. The van der Waals surface area contributed by atoms with Crippen molar-refractivity contribution in [3.8, 4) is 17.1 Å². The highest BCUT2D eigenvalue weighted by Gasteiger charge is 2.12. The first-order valence-corrected chi connectivity index (χ1v) is 9.94. The van der Waals surface area contributed by atoms with Crippen LogP contribution in [0.5, 0.6) is 5.75 Å². The molecule has 1 heterocycles. The Hall–Kier alpha value is -3.40. The Kier molecular flexibility index (Phi) is 5.71. The van der Waals surface area contributed by atoms with Gasteiger partial charge in [-0.15, -0.1) is 0 Å². The number of anilines is 1. The molecule has 146 valence electrons. The summed E-state index contributed by atoms with van der Waals surface area (Å²) in [6.07, 6.45) is 2.06. The minimum Gasteiger partial charge on any atom is -0.497 e. The number of rotatable bonds is 7. The zero-order valence-electron chi connectivity index (χ0n) is 16.8. The van der Waals surface area contributed by atoms with Gasteiger partial charge in [0, 0.05) is 17.0 Å². The number of hydrogen-bond acceptors (Lipinski definition) is 4. The molecule has 1 N–H and O–H groups in total. The summed E-state index contributed by atoms with van der Waals surface area (Å²) in [6.45, 7) is 2.20. The first kappa shape index (κ1) is 18.9. The Balaban J connectivity index is 1.60. The first-order valence-electron chi connectivity index (χ1n) is 9.94. The molecule has 0 unspecified atom stereocenters. The van der Waals surface area contributed by atoms with Gasteiger partial charge in [-0.05, 0) is 61.7 Å². The van der Waals surface area contributed by atoms with Crippen molar-refractivity contribution in [2.45, 2.75) is 25.8 Å². The van der Waals surface area contributed by atoms with Gasteiger partial charge in [0.15, 0.2) is 5.82 Å². The van der Waals surface area contributed by atoms with E-state index in [0.717, 1.165) is 40.9 Å². The van der Waals surface area contributed by atoms with Crippen LogP contribution in [-0.4, -0.2) is 23.1 Å². The summed E-state index contributed by atoms with van der Waals surface area (Å²) < 4.78 is 5.26. The number of methoxy groups -OCH3 is 1. The van der Waals surface area contributed by atoms with E-state index in [1.54, 1.807) is 7.11 Å². The molecule has 0 spiro atoms. The predicted molar refractivity (Wildman–Crippen MR) is 119 cm³/mol. The number of fused-ring (bicyclic) bond motifs is 1. The maximum atomic E-state index is 5.26. The lowest BCUT2D eigenvalue weighted by molar-refractivity contribution is 0.415. The van der Waals surface area contributed by atoms with Crippen molar-refractivity contribution in [2.24, 2.45) is 0 Å². The van der Waals surface area contributed by atoms with Crippen LogP contribution in [0.15, 0.2) is 78.9 Å². The van der Waals surface area contributed by atoms with E-state index in [-0.39, 0.29) is 6.04 Å². The van der Waals surface area contributed by atoms with E-state index in [4.69, 9.17) is 14.7 Å². The van der Waals surface area contributed by atoms with Crippen LogP contribution in [0.2, 0.25) is 0 Å². The molecule has 1 atom stereocenters.